The lowest BCUT2D eigenvalue weighted by molar-refractivity contribution is 0.415. The van der Waals surface area contributed by atoms with Crippen LogP contribution in [0.25, 0.3) is 0 Å². The van der Waals surface area contributed by atoms with Crippen molar-refractivity contribution in [3.8, 4) is 5.75 Å². The highest BCUT2D eigenvalue weighted by Gasteiger charge is 2.41. The second kappa shape index (κ2) is 16.1. The van der Waals surface area contributed by atoms with Crippen LogP contribution in [-0.2, 0) is 11.8 Å². The van der Waals surface area contributed by atoms with Crippen molar-refractivity contribution in [2.45, 2.75) is 136 Å². The third-order valence-electron chi connectivity index (χ3n) is 11.5. The molecule has 0 spiro atoms. The molecule has 2 atom stereocenters. The average molecular weight is 668 g/mol. The summed E-state index contributed by atoms with van der Waals surface area (Å²) < 4.78 is 6.90. The van der Waals surface area contributed by atoms with Crippen molar-refractivity contribution in [3.63, 3.8) is 0 Å². The van der Waals surface area contributed by atoms with Crippen molar-refractivity contribution in [2.24, 2.45) is 0 Å². The van der Waals surface area contributed by atoms with E-state index in [0.717, 1.165) is 43.7 Å². The molecule has 0 saturated carbocycles. The summed E-state index contributed by atoms with van der Waals surface area (Å²) >= 11 is 0. The maximum absolute atomic E-state index is 6.90. The molecule has 2 heteroatoms. The number of rotatable bonds is 13. The Morgan fingerprint density at radius 1 is 0.800 bits per heavy atom. The first-order chi connectivity index (χ1) is 24.2. The lowest BCUT2D eigenvalue weighted by Crippen LogP contribution is -2.31. The van der Waals surface area contributed by atoms with Gasteiger partial charge in [0.25, 0.3) is 0 Å². The third kappa shape index (κ3) is 7.91. The molecule has 0 saturated heterocycles. The Bertz CT molecular complexity index is 1760. The summed E-state index contributed by atoms with van der Waals surface area (Å²) in [6, 6.07) is 23.2. The highest BCUT2D eigenvalue weighted by molar-refractivity contribution is 5.62. The van der Waals surface area contributed by atoms with E-state index in [2.05, 4.69) is 138 Å². The molecular formula is C48H61NO. The van der Waals surface area contributed by atoms with Crippen molar-refractivity contribution in [3.05, 3.63) is 141 Å². The molecule has 2 aliphatic carbocycles. The van der Waals surface area contributed by atoms with Crippen LogP contribution >= 0.6 is 0 Å². The lowest BCUT2D eigenvalue weighted by atomic mass is 9.79. The molecule has 1 aliphatic heterocycles. The van der Waals surface area contributed by atoms with Gasteiger partial charge >= 0.3 is 0 Å². The summed E-state index contributed by atoms with van der Waals surface area (Å²) in [6.07, 6.45) is 22.9. The van der Waals surface area contributed by atoms with Gasteiger partial charge in [0.1, 0.15) is 11.5 Å². The van der Waals surface area contributed by atoms with E-state index in [0.29, 0.717) is 12.0 Å². The molecular weight excluding hydrogens is 607 g/mol. The number of benzene rings is 3. The molecule has 0 N–H and O–H groups in total. The predicted molar refractivity (Wildman–Crippen MR) is 215 cm³/mol. The molecule has 0 radical (unpaired) electrons. The lowest BCUT2D eigenvalue weighted by Gasteiger charge is -2.27. The maximum Gasteiger partial charge on any atom is 0.133 e. The van der Waals surface area contributed by atoms with E-state index < -0.39 is 0 Å². The first kappa shape index (κ1) is 36.0. The van der Waals surface area contributed by atoms with Gasteiger partial charge in [-0.15, -0.1) is 0 Å². The fourth-order valence-electron chi connectivity index (χ4n) is 8.66. The van der Waals surface area contributed by atoms with Crippen LogP contribution in [0.5, 0.6) is 5.75 Å². The minimum Gasteiger partial charge on any atom is -0.457 e. The van der Waals surface area contributed by atoms with Crippen LogP contribution in [0.1, 0.15) is 131 Å². The normalized spacial score (nSPS) is 21.5. The summed E-state index contributed by atoms with van der Waals surface area (Å²) in [5.41, 5.74) is 14.1. The third-order valence-corrected chi connectivity index (χ3v) is 11.5. The Balaban J connectivity index is 1.37. The van der Waals surface area contributed by atoms with Crippen LogP contribution in [-0.4, -0.2) is 12.6 Å². The van der Waals surface area contributed by atoms with Gasteiger partial charge < -0.3 is 9.64 Å². The SMILES string of the molecule is CCCCCC1/C(=C/C=C2\CCCC(/C=C/C3Cc4cc(C)ccc4N3CCCCC)=C2Oc2ccc(C)cc2)C(C)(C)c2cc(C)ccc21. The molecule has 0 aromatic heterocycles. The highest BCUT2D eigenvalue weighted by atomic mass is 16.5. The van der Waals surface area contributed by atoms with Crippen molar-refractivity contribution in [2.75, 3.05) is 11.4 Å². The first-order valence-corrected chi connectivity index (χ1v) is 19.7. The Labute approximate surface area is 304 Å². The molecule has 264 valence electrons. The van der Waals surface area contributed by atoms with E-state index in [1.807, 2.05) is 0 Å². The summed E-state index contributed by atoms with van der Waals surface area (Å²) in [7, 11) is 0. The Morgan fingerprint density at radius 2 is 1.52 bits per heavy atom. The van der Waals surface area contributed by atoms with Gasteiger partial charge in [0, 0.05) is 23.6 Å². The number of unbranched alkanes of at least 4 members (excludes halogenated alkanes) is 4. The predicted octanol–water partition coefficient (Wildman–Crippen LogP) is 13.1. The van der Waals surface area contributed by atoms with Crippen molar-refractivity contribution in [1.82, 2.24) is 0 Å². The number of nitrogens with zero attached hydrogens (tertiary/aromatic N) is 1. The van der Waals surface area contributed by atoms with Gasteiger partial charge in [-0.2, -0.15) is 0 Å². The van der Waals surface area contributed by atoms with Gasteiger partial charge in [-0.1, -0.05) is 149 Å². The number of ether oxygens (including phenoxy) is 1. The van der Waals surface area contributed by atoms with Crippen molar-refractivity contribution < 1.29 is 4.74 Å². The van der Waals surface area contributed by atoms with Crippen molar-refractivity contribution in [1.29, 1.82) is 0 Å². The van der Waals surface area contributed by atoms with Crippen LogP contribution in [0.2, 0.25) is 0 Å². The second-order valence-electron chi connectivity index (χ2n) is 15.9. The van der Waals surface area contributed by atoms with Gasteiger partial charge in [0.2, 0.25) is 0 Å². The number of hydrogen-bond donors (Lipinski definition) is 0. The van der Waals surface area contributed by atoms with Crippen LogP contribution in [0, 0.1) is 20.8 Å². The Kier molecular flexibility index (Phi) is 11.6. The van der Waals surface area contributed by atoms with Gasteiger partial charge in [0.05, 0.1) is 6.04 Å². The van der Waals surface area contributed by atoms with Gasteiger partial charge in [-0.25, -0.2) is 0 Å². The van der Waals surface area contributed by atoms with E-state index in [-0.39, 0.29) is 5.41 Å². The molecule has 0 fully saturated rings. The van der Waals surface area contributed by atoms with Gasteiger partial charge in [0.15, 0.2) is 0 Å². The molecule has 3 aromatic rings. The molecule has 1 heterocycles. The average Bonchev–Trinajstić information content (AvgIpc) is 3.54. The minimum atomic E-state index is 0.00541. The van der Waals surface area contributed by atoms with E-state index in [9.17, 15) is 0 Å². The number of anilines is 1. The molecule has 2 nitrogen and oxygen atoms in total. The van der Waals surface area contributed by atoms with Crippen LogP contribution in [0.15, 0.2) is 107 Å². The fourth-order valence-corrected chi connectivity index (χ4v) is 8.66. The zero-order valence-corrected chi connectivity index (χ0v) is 32.1. The monoisotopic (exact) mass is 667 g/mol. The topological polar surface area (TPSA) is 12.5 Å². The number of allylic oxidation sites excluding steroid dienone is 6. The molecule has 3 aromatic carbocycles. The minimum absolute atomic E-state index is 0.00541. The Hall–Kier alpha value is -3.78. The van der Waals surface area contributed by atoms with Crippen molar-refractivity contribution >= 4 is 5.69 Å². The standard InChI is InChI=1S/C48H61NO/c1-8-10-12-17-42-43-27-20-36(5)32-45(43)48(6,7)44(42)28-23-38-16-14-15-37(47(38)50-41-25-18-34(3)19-26-41)22-24-40-33-39-31-35(4)21-29-46(39)49(40)30-13-11-9-2/h18-29,31-32,40,42H,8-17,30,33H2,1-7H3/b24-22+,38-23+,44-28-. The zero-order valence-electron chi connectivity index (χ0n) is 32.1. The Morgan fingerprint density at radius 3 is 2.30 bits per heavy atom. The summed E-state index contributed by atoms with van der Waals surface area (Å²) in [4.78, 5) is 2.66. The van der Waals surface area contributed by atoms with Crippen LogP contribution in [0.3, 0.4) is 0 Å². The maximum atomic E-state index is 6.90. The molecule has 0 bridgehead atoms. The number of hydrogen-bond acceptors (Lipinski definition) is 2. The van der Waals surface area contributed by atoms with E-state index in [4.69, 9.17) is 4.74 Å². The number of fused-ring (bicyclic) bond motifs is 2. The second-order valence-corrected chi connectivity index (χ2v) is 15.9. The van der Waals surface area contributed by atoms with E-state index in [1.165, 1.54) is 95.2 Å². The van der Waals surface area contributed by atoms with E-state index >= 15 is 0 Å². The van der Waals surface area contributed by atoms with Gasteiger partial charge in [-0.3, -0.25) is 0 Å². The highest BCUT2D eigenvalue weighted by Crippen LogP contribution is 2.52. The fraction of sp³-hybridized carbons (Fsp3) is 0.458. The smallest absolute Gasteiger partial charge is 0.133 e. The first-order valence-electron chi connectivity index (χ1n) is 19.7. The molecule has 0 amide bonds. The summed E-state index contributed by atoms with van der Waals surface area (Å²) in [6.45, 7) is 17.2. The summed E-state index contributed by atoms with van der Waals surface area (Å²) in [5, 5.41) is 0. The zero-order chi connectivity index (χ0) is 35.3. The molecule has 50 heavy (non-hydrogen) atoms. The number of aryl methyl sites for hydroxylation is 3. The van der Waals surface area contributed by atoms with E-state index in [1.54, 1.807) is 5.57 Å². The van der Waals surface area contributed by atoms with Crippen LogP contribution < -0.4 is 9.64 Å². The van der Waals surface area contributed by atoms with Crippen LogP contribution in [0.4, 0.5) is 5.69 Å². The molecule has 3 aliphatic rings. The van der Waals surface area contributed by atoms with Gasteiger partial charge in [-0.05, 0) is 105 Å². The molecule has 6 rings (SSSR count). The quantitative estimate of drug-likeness (QED) is 0.168. The largest absolute Gasteiger partial charge is 0.457 e. The molecule has 2 unspecified atom stereocenters. The summed E-state index contributed by atoms with van der Waals surface area (Å²) in [5.74, 6) is 2.45.